The largest absolute Gasteiger partial charge is 0.459 e. The average molecular weight is 352 g/mol. The second-order valence-corrected chi connectivity index (χ2v) is 5.74. The summed E-state index contributed by atoms with van der Waals surface area (Å²) >= 11 is 0. The molecule has 0 saturated carbocycles. The first-order chi connectivity index (χ1) is 12.7. The topological polar surface area (TPSA) is 112 Å². The van der Waals surface area contributed by atoms with Crippen molar-refractivity contribution in [3.63, 3.8) is 0 Å². The number of aromatic nitrogens is 5. The molecule has 1 amide bonds. The Balaban J connectivity index is 1.54. The van der Waals surface area contributed by atoms with Crippen LogP contribution in [0.1, 0.15) is 36.3 Å². The van der Waals surface area contributed by atoms with Gasteiger partial charge in [-0.15, -0.1) is 5.10 Å². The molecule has 1 aromatic carbocycles. The number of fused-ring (bicyclic) bond motifs is 1. The molecule has 26 heavy (non-hydrogen) atoms. The van der Waals surface area contributed by atoms with Crippen LogP contribution in [0.2, 0.25) is 0 Å². The Morgan fingerprint density at radius 2 is 2.23 bits per heavy atom. The minimum Gasteiger partial charge on any atom is -0.459 e. The highest BCUT2D eigenvalue weighted by atomic mass is 16.5. The van der Waals surface area contributed by atoms with E-state index in [0.717, 1.165) is 23.1 Å². The smallest absolute Gasteiger partial charge is 0.287 e. The van der Waals surface area contributed by atoms with E-state index in [4.69, 9.17) is 8.94 Å². The van der Waals surface area contributed by atoms with Crippen molar-refractivity contribution in [2.75, 3.05) is 0 Å². The summed E-state index contributed by atoms with van der Waals surface area (Å²) in [5.74, 6) is 0.602. The molecule has 3 heterocycles. The number of benzene rings is 1. The van der Waals surface area contributed by atoms with E-state index in [-0.39, 0.29) is 11.7 Å². The van der Waals surface area contributed by atoms with Crippen molar-refractivity contribution in [1.29, 1.82) is 0 Å². The van der Waals surface area contributed by atoms with E-state index in [0.29, 0.717) is 11.7 Å². The van der Waals surface area contributed by atoms with Gasteiger partial charge in [0.2, 0.25) is 11.7 Å². The Morgan fingerprint density at radius 3 is 3.00 bits per heavy atom. The minimum atomic E-state index is -0.460. The highest BCUT2D eigenvalue weighted by Gasteiger charge is 2.19. The van der Waals surface area contributed by atoms with Gasteiger partial charge >= 0.3 is 0 Å². The number of nitrogens with one attached hydrogen (secondary N) is 1. The van der Waals surface area contributed by atoms with E-state index >= 15 is 0 Å². The van der Waals surface area contributed by atoms with Crippen molar-refractivity contribution in [3.8, 4) is 11.4 Å². The number of aryl methyl sites for hydroxylation is 1. The third kappa shape index (κ3) is 2.83. The molecule has 0 fully saturated rings. The lowest BCUT2D eigenvalue weighted by Gasteiger charge is -2.07. The third-order valence-electron chi connectivity index (χ3n) is 3.98. The molecule has 9 heteroatoms. The zero-order chi connectivity index (χ0) is 18.1. The van der Waals surface area contributed by atoms with E-state index in [1.807, 2.05) is 29.8 Å². The first-order valence-electron chi connectivity index (χ1n) is 8.17. The van der Waals surface area contributed by atoms with Crippen molar-refractivity contribution < 1.29 is 13.7 Å². The fourth-order valence-electron chi connectivity index (χ4n) is 2.61. The molecule has 0 aliphatic heterocycles. The lowest BCUT2D eigenvalue weighted by atomic mass is 10.2. The van der Waals surface area contributed by atoms with Crippen LogP contribution in [0, 0.1) is 0 Å². The van der Waals surface area contributed by atoms with Crippen LogP contribution in [0.5, 0.6) is 0 Å². The Kier molecular flexibility index (Phi) is 3.96. The standard InChI is InChI=1S/C17H16N6O3/c1-3-23-13-7-6-11(9-12(13)20-22-23)15-19-17(26-21-15)10(2)18-16(24)14-5-4-8-25-14/h4-10H,3H2,1-2H3,(H,18,24)/t10-/m1/s1. The Labute approximate surface area is 148 Å². The van der Waals surface area contributed by atoms with Gasteiger partial charge in [0, 0.05) is 12.1 Å². The zero-order valence-electron chi connectivity index (χ0n) is 14.2. The van der Waals surface area contributed by atoms with Crippen molar-refractivity contribution >= 4 is 16.9 Å². The minimum absolute atomic E-state index is 0.223. The number of amides is 1. The van der Waals surface area contributed by atoms with Crippen molar-refractivity contribution in [2.24, 2.45) is 0 Å². The molecule has 4 aromatic rings. The first kappa shape index (κ1) is 16.0. The number of hydrogen-bond donors (Lipinski definition) is 1. The van der Waals surface area contributed by atoms with Crippen LogP contribution >= 0.6 is 0 Å². The number of hydrogen-bond acceptors (Lipinski definition) is 7. The molecule has 132 valence electrons. The van der Waals surface area contributed by atoms with Crippen LogP contribution < -0.4 is 5.32 Å². The van der Waals surface area contributed by atoms with Gasteiger partial charge in [0.15, 0.2) is 5.76 Å². The van der Waals surface area contributed by atoms with E-state index in [2.05, 4.69) is 25.8 Å². The monoisotopic (exact) mass is 352 g/mol. The Hall–Kier alpha value is -3.49. The van der Waals surface area contributed by atoms with Gasteiger partial charge in [-0.1, -0.05) is 10.4 Å². The average Bonchev–Trinajstić information content (AvgIpc) is 3.40. The second-order valence-electron chi connectivity index (χ2n) is 5.74. The van der Waals surface area contributed by atoms with Gasteiger partial charge in [-0.3, -0.25) is 4.79 Å². The van der Waals surface area contributed by atoms with Crippen LogP contribution in [-0.2, 0) is 6.54 Å². The van der Waals surface area contributed by atoms with Gasteiger partial charge in [0.1, 0.15) is 11.6 Å². The number of rotatable bonds is 5. The molecular formula is C17H16N6O3. The van der Waals surface area contributed by atoms with Gasteiger partial charge in [0.05, 0.1) is 11.8 Å². The van der Waals surface area contributed by atoms with E-state index in [9.17, 15) is 4.79 Å². The van der Waals surface area contributed by atoms with Crippen molar-refractivity contribution in [2.45, 2.75) is 26.4 Å². The SMILES string of the molecule is CCn1nnc2cc(-c3noc([C@@H](C)NC(=O)c4ccco4)n3)ccc21. The van der Waals surface area contributed by atoms with Gasteiger partial charge in [-0.05, 0) is 44.2 Å². The van der Waals surface area contributed by atoms with Crippen LogP contribution in [0.3, 0.4) is 0 Å². The Bertz CT molecular complexity index is 1050. The van der Waals surface area contributed by atoms with Crippen LogP contribution in [-0.4, -0.2) is 31.0 Å². The number of carbonyl (C=O) groups excluding carboxylic acids is 1. The maximum atomic E-state index is 12.0. The molecule has 3 aromatic heterocycles. The summed E-state index contributed by atoms with van der Waals surface area (Å²) in [7, 11) is 0. The molecule has 0 unspecified atom stereocenters. The second kappa shape index (κ2) is 6.43. The van der Waals surface area contributed by atoms with Gasteiger partial charge < -0.3 is 14.3 Å². The molecule has 0 saturated heterocycles. The molecule has 0 bridgehead atoms. The summed E-state index contributed by atoms with van der Waals surface area (Å²) in [6, 6.07) is 8.44. The number of carbonyl (C=O) groups is 1. The van der Waals surface area contributed by atoms with Gasteiger partial charge in [0.25, 0.3) is 5.91 Å². The van der Waals surface area contributed by atoms with Gasteiger partial charge in [-0.25, -0.2) is 4.68 Å². The third-order valence-corrected chi connectivity index (χ3v) is 3.98. The molecule has 0 spiro atoms. The summed E-state index contributed by atoms with van der Waals surface area (Å²) in [6.07, 6.45) is 1.44. The number of nitrogens with zero attached hydrogens (tertiary/aromatic N) is 5. The highest BCUT2D eigenvalue weighted by Crippen LogP contribution is 2.22. The molecule has 0 radical (unpaired) electrons. The summed E-state index contributed by atoms with van der Waals surface area (Å²) in [6.45, 7) is 4.51. The fraction of sp³-hybridized carbons (Fsp3) is 0.235. The molecule has 0 aliphatic carbocycles. The summed E-state index contributed by atoms with van der Waals surface area (Å²) in [5, 5.41) is 15.0. The summed E-state index contributed by atoms with van der Waals surface area (Å²) in [4.78, 5) is 16.4. The molecule has 0 aliphatic rings. The van der Waals surface area contributed by atoms with Crippen molar-refractivity contribution in [3.05, 3.63) is 48.2 Å². The molecule has 4 rings (SSSR count). The first-order valence-corrected chi connectivity index (χ1v) is 8.17. The predicted molar refractivity (Wildman–Crippen MR) is 91.1 cm³/mol. The van der Waals surface area contributed by atoms with Crippen LogP contribution in [0.15, 0.2) is 45.5 Å². The van der Waals surface area contributed by atoms with Crippen molar-refractivity contribution in [1.82, 2.24) is 30.5 Å². The molecule has 1 N–H and O–H groups in total. The predicted octanol–water partition coefficient (Wildman–Crippen LogP) is 2.59. The lowest BCUT2D eigenvalue weighted by molar-refractivity contribution is 0.0904. The van der Waals surface area contributed by atoms with Crippen LogP contribution in [0.4, 0.5) is 0 Å². The lowest BCUT2D eigenvalue weighted by Crippen LogP contribution is -2.26. The van der Waals surface area contributed by atoms with Crippen LogP contribution in [0.25, 0.3) is 22.4 Å². The quantitative estimate of drug-likeness (QED) is 0.587. The number of furan rings is 1. The zero-order valence-corrected chi connectivity index (χ0v) is 14.2. The van der Waals surface area contributed by atoms with E-state index in [1.54, 1.807) is 19.1 Å². The summed E-state index contributed by atoms with van der Waals surface area (Å²) < 4.78 is 12.2. The maximum absolute atomic E-state index is 12.0. The molecule has 9 nitrogen and oxygen atoms in total. The molecular weight excluding hydrogens is 336 g/mol. The van der Waals surface area contributed by atoms with Gasteiger partial charge in [-0.2, -0.15) is 4.98 Å². The Morgan fingerprint density at radius 1 is 1.35 bits per heavy atom. The summed E-state index contributed by atoms with van der Waals surface area (Å²) in [5.41, 5.74) is 2.47. The molecule has 1 atom stereocenters. The highest BCUT2D eigenvalue weighted by molar-refractivity contribution is 5.91. The van der Waals surface area contributed by atoms with E-state index in [1.165, 1.54) is 6.26 Å². The maximum Gasteiger partial charge on any atom is 0.287 e. The normalized spacial score (nSPS) is 12.4. The van der Waals surface area contributed by atoms with E-state index < -0.39 is 6.04 Å². The fourth-order valence-corrected chi connectivity index (χ4v) is 2.61.